The highest BCUT2D eigenvalue weighted by Crippen LogP contribution is 2.32. The molecule has 1 aromatic heterocycles. The molecular weight excluding hydrogens is 234 g/mol. The van der Waals surface area contributed by atoms with E-state index in [1.54, 1.807) is 0 Å². The molecule has 1 aliphatic rings. The number of anilines is 1. The molecule has 94 valence electrons. The van der Waals surface area contributed by atoms with Gasteiger partial charge in [0, 0.05) is 30.2 Å². The van der Waals surface area contributed by atoms with Crippen LogP contribution in [0, 0.1) is 0 Å². The lowest BCUT2D eigenvalue weighted by Gasteiger charge is -2.10. The van der Waals surface area contributed by atoms with Gasteiger partial charge in [-0.1, -0.05) is 6.92 Å². The molecule has 0 saturated heterocycles. The molecule has 4 nitrogen and oxygen atoms in total. The van der Waals surface area contributed by atoms with Crippen molar-refractivity contribution >= 4 is 17.6 Å². The van der Waals surface area contributed by atoms with E-state index in [2.05, 4.69) is 29.1 Å². The van der Waals surface area contributed by atoms with Crippen LogP contribution >= 0.6 is 11.8 Å². The number of hydrogen-bond acceptors (Lipinski definition) is 5. The van der Waals surface area contributed by atoms with Gasteiger partial charge in [0.15, 0.2) is 5.82 Å². The molecule has 0 radical (unpaired) electrons. The third-order valence-corrected chi connectivity index (χ3v) is 3.52. The van der Waals surface area contributed by atoms with Crippen molar-refractivity contribution in [3.8, 4) is 0 Å². The van der Waals surface area contributed by atoms with Crippen LogP contribution in [0.1, 0.15) is 37.4 Å². The van der Waals surface area contributed by atoms with E-state index in [-0.39, 0.29) is 0 Å². The van der Waals surface area contributed by atoms with Crippen LogP contribution in [-0.4, -0.2) is 23.1 Å². The summed E-state index contributed by atoms with van der Waals surface area (Å²) in [5.74, 6) is 3.82. The van der Waals surface area contributed by atoms with E-state index in [1.807, 2.05) is 11.8 Å². The average molecular weight is 253 g/mol. The fraction of sp³-hybridized carbons (Fsp3) is 0.667. The first kappa shape index (κ1) is 12.6. The third-order valence-electron chi connectivity index (χ3n) is 2.55. The Morgan fingerprint density at radius 2 is 2.18 bits per heavy atom. The number of aromatic nitrogens is 2. The van der Waals surface area contributed by atoms with Gasteiger partial charge in [0.05, 0.1) is 5.69 Å². The summed E-state index contributed by atoms with van der Waals surface area (Å²) in [5.41, 5.74) is 2.45. The molecule has 2 heterocycles. The lowest BCUT2D eigenvalue weighted by atomic mass is 10.2. The maximum absolute atomic E-state index is 5.50. The fourth-order valence-electron chi connectivity index (χ4n) is 1.79. The summed E-state index contributed by atoms with van der Waals surface area (Å²) in [6, 6.07) is 0. The zero-order valence-electron chi connectivity index (χ0n) is 10.5. The molecule has 0 aliphatic carbocycles. The van der Waals surface area contributed by atoms with Crippen LogP contribution in [0.2, 0.25) is 0 Å². The Hall–Kier alpha value is -0.810. The summed E-state index contributed by atoms with van der Waals surface area (Å²) >= 11 is 1.90. The van der Waals surface area contributed by atoms with Crippen molar-refractivity contribution in [1.29, 1.82) is 0 Å². The average Bonchev–Trinajstić information content (AvgIpc) is 2.78. The first-order chi connectivity index (χ1) is 8.35. The summed E-state index contributed by atoms with van der Waals surface area (Å²) in [4.78, 5) is 9.12. The molecule has 0 saturated carbocycles. The van der Waals surface area contributed by atoms with Crippen molar-refractivity contribution in [3.05, 3.63) is 17.1 Å². The molecule has 0 fully saturated rings. The lowest BCUT2D eigenvalue weighted by molar-refractivity contribution is 0.116. The van der Waals surface area contributed by atoms with E-state index < -0.39 is 0 Å². The largest absolute Gasteiger partial charge is 0.373 e. The topological polar surface area (TPSA) is 47.0 Å². The molecule has 0 aromatic carbocycles. The molecule has 1 N–H and O–H groups in total. The Balaban J connectivity index is 2.14. The normalized spacial score (nSPS) is 13.8. The van der Waals surface area contributed by atoms with Gasteiger partial charge in [-0.2, -0.15) is 11.8 Å². The van der Waals surface area contributed by atoms with Crippen LogP contribution in [0.15, 0.2) is 0 Å². The number of ether oxygens (including phenoxy) is 1. The number of fused-ring (bicyclic) bond motifs is 1. The number of nitrogens with zero attached hydrogens (tertiary/aromatic N) is 2. The monoisotopic (exact) mass is 253 g/mol. The van der Waals surface area contributed by atoms with Gasteiger partial charge in [-0.25, -0.2) is 9.97 Å². The van der Waals surface area contributed by atoms with Crippen LogP contribution in [0.25, 0.3) is 0 Å². The predicted molar refractivity (Wildman–Crippen MR) is 71.1 cm³/mol. The van der Waals surface area contributed by atoms with Crippen LogP contribution in [0.5, 0.6) is 0 Å². The molecule has 17 heavy (non-hydrogen) atoms. The van der Waals surface area contributed by atoms with E-state index in [9.17, 15) is 0 Å². The maximum Gasteiger partial charge on any atom is 0.156 e. The van der Waals surface area contributed by atoms with Crippen molar-refractivity contribution in [3.63, 3.8) is 0 Å². The summed E-state index contributed by atoms with van der Waals surface area (Å²) < 4.78 is 5.50. The van der Waals surface area contributed by atoms with E-state index >= 15 is 0 Å². The number of thioether (sulfide) groups is 1. The summed E-state index contributed by atoms with van der Waals surface area (Å²) in [5, 5.41) is 3.32. The first-order valence-electron chi connectivity index (χ1n) is 6.13. The van der Waals surface area contributed by atoms with Crippen LogP contribution in [0.4, 0.5) is 5.82 Å². The summed E-state index contributed by atoms with van der Waals surface area (Å²) in [6.45, 7) is 6.37. The quantitative estimate of drug-likeness (QED) is 0.790. The molecule has 1 aliphatic heterocycles. The second kappa shape index (κ2) is 6.21. The van der Waals surface area contributed by atoms with E-state index in [1.165, 1.54) is 11.3 Å². The van der Waals surface area contributed by atoms with Gasteiger partial charge < -0.3 is 10.1 Å². The Kier molecular flexibility index (Phi) is 4.62. The van der Waals surface area contributed by atoms with E-state index in [0.29, 0.717) is 6.61 Å². The van der Waals surface area contributed by atoms with Crippen molar-refractivity contribution in [2.75, 3.05) is 18.5 Å². The lowest BCUT2D eigenvalue weighted by Crippen LogP contribution is -2.09. The Morgan fingerprint density at radius 3 is 2.94 bits per heavy atom. The zero-order valence-corrected chi connectivity index (χ0v) is 11.3. The molecule has 0 amide bonds. The number of hydrogen-bond donors (Lipinski definition) is 1. The van der Waals surface area contributed by atoms with Crippen LogP contribution in [0.3, 0.4) is 0 Å². The van der Waals surface area contributed by atoms with Gasteiger partial charge in [-0.3, -0.25) is 0 Å². The van der Waals surface area contributed by atoms with Gasteiger partial charge in [0.25, 0.3) is 0 Å². The highest BCUT2D eigenvalue weighted by Gasteiger charge is 2.19. The van der Waals surface area contributed by atoms with E-state index in [0.717, 1.165) is 42.7 Å². The highest BCUT2D eigenvalue weighted by atomic mass is 32.2. The first-order valence-corrected chi connectivity index (χ1v) is 7.28. The molecule has 2 rings (SSSR count). The van der Waals surface area contributed by atoms with Crippen molar-refractivity contribution < 1.29 is 4.74 Å². The summed E-state index contributed by atoms with van der Waals surface area (Å²) in [7, 11) is 0. The molecule has 0 bridgehead atoms. The molecule has 1 aromatic rings. The van der Waals surface area contributed by atoms with Gasteiger partial charge in [-0.05, 0) is 13.3 Å². The second-order valence-corrected chi connectivity index (χ2v) is 4.98. The van der Waals surface area contributed by atoms with Crippen LogP contribution < -0.4 is 5.32 Å². The van der Waals surface area contributed by atoms with Crippen LogP contribution in [-0.2, 0) is 22.8 Å². The van der Waals surface area contributed by atoms with E-state index in [4.69, 9.17) is 4.74 Å². The Bertz CT molecular complexity index is 384. The molecule has 0 unspecified atom stereocenters. The maximum atomic E-state index is 5.50. The molecular formula is C12H19N3OS. The Labute approximate surface area is 107 Å². The minimum Gasteiger partial charge on any atom is -0.373 e. The highest BCUT2D eigenvalue weighted by molar-refractivity contribution is 7.98. The van der Waals surface area contributed by atoms with Crippen molar-refractivity contribution in [2.24, 2.45) is 0 Å². The minimum atomic E-state index is 0.518. The Morgan fingerprint density at radius 1 is 1.29 bits per heavy atom. The second-order valence-electron chi connectivity index (χ2n) is 3.99. The van der Waals surface area contributed by atoms with Gasteiger partial charge in [-0.15, -0.1) is 0 Å². The van der Waals surface area contributed by atoms with Crippen molar-refractivity contribution in [1.82, 2.24) is 9.97 Å². The molecule has 0 atom stereocenters. The number of nitrogens with one attached hydrogen (secondary N) is 1. The van der Waals surface area contributed by atoms with Crippen molar-refractivity contribution in [2.45, 2.75) is 38.4 Å². The SMILES string of the molecule is CCCOCc1nc2c(c(NCC)n1)CSC2. The summed E-state index contributed by atoms with van der Waals surface area (Å²) in [6.07, 6.45) is 1.03. The number of rotatable bonds is 6. The van der Waals surface area contributed by atoms with Gasteiger partial charge in [0.1, 0.15) is 12.4 Å². The standard InChI is InChI=1S/C12H19N3OS/c1-3-5-16-6-11-14-10-8-17-7-9(10)12(15-11)13-4-2/h3-8H2,1-2H3,(H,13,14,15). The predicted octanol–water partition coefficient (Wildman–Crippen LogP) is 2.58. The smallest absolute Gasteiger partial charge is 0.156 e. The fourth-order valence-corrected chi connectivity index (χ4v) is 2.83. The third kappa shape index (κ3) is 3.10. The molecule has 0 spiro atoms. The zero-order chi connectivity index (χ0) is 12.1. The van der Waals surface area contributed by atoms with Gasteiger partial charge >= 0.3 is 0 Å². The minimum absolute atomic E-state index is 0.518. The van der Waals surface area contributed by atoms with Gasteiger partial charge in [0.2, 0.25) is 0 Å². The molecule has 5 heteroatoms.